The lowest BCUT2D eigenvalue weighted by Crippen LogP contribution is -2.46. The molecule has 4 N–H and O–H groups in total. The molecular weight excluding hydrogens is 262 g/mol. The summed E-state index contributed by atoms with van der Waals surface area (Å²) >= 11 is 4.61. The zero-order valence-corrected chi connectivity index (χ0v) is 11.1. The first-order chi connectivity index (χ1) is 7.83. The Kier molecular flexibility index (Phi) is 4.84. The summed E-state index contributed by atoms with van der Waals surface area (Å²) in [4.78, 5) is 10.9. The molecule has 0 radical (unpaired) electrons. The maximum Gasteiger partial charge on any atom is 0.232 e. The number of hydrogen-bond acceptors (Lipinski definition) is 4. The molecule has 8 heteroatoms. The molecule has 17 heavy (non-hydrogen) atoms. The van der Waals surface area contributed by atoms with Gasteiger partial charge in [-0.2, -0.15) is 4.31 Å². The van der Waals surface area contributed by atoms with Crippen molar-refractivity contribution in [1.82, 2.24) is 4.31 Å². The Hall–Kier alpha value is -0.730. The second-order valence-corrected chi connectivity index (χ2v) is 6.62. The summed E-state index contributed by atoms with van der Waals surface area (Å²) in [6.07, 6.45) is 3.43. The largest absolute Gasteiger partial charge is 0.392 e. The molecule has 1 saturated carbocycles. The number of sulfonamides is 1. The number of rotatable bonds is 6. The highest BCUT2D eigenvalue weighted by molar-refractivity contribution is 7.92. The second-order valence-electron chi connectivity index (χ2n) is 4.17. The van der Waals surface area contributed by atoms with Crippen molar-refractivity contribution < 1.29 is 13.2 Å². The van der Waals surface area contributed by atoms with Gasteiger partial charge >= 0.3 is 0 Å². The number of hydrogen-bond donors (Lipinski definition) is 2. The summed E-state index contributed by atoms with van der Waals surface area (Å²) in [5.74, 6) is -1.07. The fourth-order valence-corrected chi connectivity index (χ4v) is 4.02. The molecule has 1 rings (SSSR count). The van der Waals surface area contributed by atoms with Gasteiger partial charge in [0.05, 0.1) is 11.5 Å². The third kappa shape index (κ3) is 4.21. The van der Waals surface area contributed by atoms with E-state index in [1.54, 1.807) is 0 Å². The predicted octanol–water partition coefficient (Wildman–Crippen LogP) is -0.668. The first-order valence-electron chi connectivity index (χ1n) is 5.39. The molecule has 0 aliphatic heterocycles. The Morgan fingerprint density at radius 2 is 1.82 bits per heavy atom. The minimum Gasteiger partial charge on any atom is -0.392 e. The summed E-state index contributed by atoms with van der Waals surface area (Å²) in [6, 6.07) is -0.151. The first-order valence-corrected chi connectivity index (χ1v) is 7.41. The van der Waals surface area contributed by atoms with Gasteiger partial charge in [-0.3, -0.25) is 4.79 Å². The van der Waals surface area contributed by atoms with Crippen molar-refractivity contribution in [2.45, 2.75) is 31.7 Å². The number of nitrogens with two attached hydrogens (primary N) is 2. The Bertz CT molecular complexity index is 402. The topological polar surface area (TPSA) is 106 Å². The Balaban J connectivity index is 2.88. The van der Waals surface area contributed by atoms with Crippen LogP contribution in [0.5, 0.6) is 0 Å². The van der Waals surface area contributed by atoms with Gasteiger partial charge in [0.15, 0.2) is 0 Å². The standard InChI is InChI=1S/C9H17N3O3S2/c10-8(13)5-12(7-3-1-2-4-7)17(14,15)6-9(11)16/h7H,1-6H2,(H2,10,13)(H2,11,16). The smallest absolute Gasteiger partial charge is 0.232 e. The minimum absolute atomic E-state index is 0.0996. The zero-order valence-electron chi connectivity index (χ0n) is 9.46. The molecule has 0 spiro atoms. The van der Waals surface area contributed by atoms with Crippen molar-refractivity contribution in [2.75, 3.05) is 12.3 Å². The van der Waals surface area contributed by atoms with Crippen molar-refractivity contribution in [2.24, 2.45) is 11.5 Å². The zero-order chi connectivity index (χ0) is 13.1. The number of thiocarbonyl (C=S) groups is 1. The monoisotopic (exact) mass is 279 g/mol. The van der Waals surface area contributed by atoms with Crippen molar-refractivity contribution in [3.8, 4) is 0 Å². The van der Waals surface area contributed by atoms with E-state index < -0.39 is 21.7 Å². The van der Waals surface area contributed by atoms with Crippen LogP contribution in [0, 0.1) is 0 Å². The van der Waals surface area contributed by atoms with E-state index in [1.807, 2.05) is 0 Å². The number of carbonyl (C=O) groups is 1. The van der Waals surface area contributed by atoms with E-state index in [2.05, 4.69) is 12.2 Å². The van der Waals surface area contributed by atoms with E-state index in [-0.39, 0.29) is 17.6 Å². The van der Waals surface area contributed by atoms with E-state index in [4.69, 9.17) is 11.5 Å². The van der Waals surface area contributed by atoms with E-state index in [0.717, 1.165) is 30.0 Å². The molecular formula is C9H17N3O3S2. The van der Waals surface area contributed by atoms with E-state index >= 15 is 0 Å². The summed E-state index contributed by atoms with van der Waals surface area (Å²) < 4.78 is 25.2. The number of primary amides is 1. The molecule has 6 nitrogen and oxygen atoms in total. The Labute approximate surface area is 106 Å². The molecule has 0 aromatic rings. The van der Waals surface area contributed by atoms with Gasteiger partial charge < -0.3 is 11.5 Å². The average molecular weight is 279 g/mol. The van der Waals surface area contributed by atoms with Gasteiger partial charge in [-0.25, -0.2) is 8.42 Å². The third-order valence-corrected chi connectivity index (χ3v) is 4.87. The normalized spacial score (nSPS) is 17.5. The average Bonchev–Trinajstić information content (AvgIpc) is 2.63. The molecule has 98 valence electrons. The Morgan fingerprint density at radius 1 is 1.29 bits per heavy atom. The van der Waals surface area contributed by atoms with Gasteiger partial charge in [-0.15, -0.1) is 0 Å². The van der Waals surface area contributed by atoms with Gasteiger partial charge in [0.2, 0.25) is 15.9 Å². The lowest BCUT2D eigenvalue weighted by Gasteiger charge is -2.26. The number of carbonyl (C=O) groups excluding carboxylic acids is 1. The molecule has 0 aromatic carbocycles. The first kappa shape index (κ1) is 14.3. The lowest BCUT2D eigenvalue weighted by atomic mass is 10.2. The van der Waals surface area contributed by atoms with Gasteiger partial charge in [0, 0.05) is 6.04 Å². The second kappa shape index (κ2) is 5.74. The van der Waals surface area contributed by atoms with Crippen LogP contribution in [0.25, 0.3) is 0 Å². The molecule has 0 saturated heterocycles. The molecule has 0 aromatic heterocycles. The van der Waals surface area contributed by atoms with Crippen LogP contribution >= 0.6 is 12.2 Å². The van der Waals surface area contributed by atoms with Crippen molar-refractivity contribution in [3.63, 3.8) is 0 Å². The van der Waals surface area contributed by atoms with Crippen LogP contribution in [-0.4, -0.2) is 42.0 Å². The molecule has 1 amide bonds. The van der Waals surface area contributed by atoms with Crippen LogP contribution < -0.4 is 11.5 Å². The summed E-state index contributed by atoms with van der Waals surface area (Å²) in [5.41, 5.74) is 10.3. The summed E-state index contributed by atoms with van der Waals surface area (Å²) in [5, 5.41) is 0. The number of amides is 1. The molecule has 0 bridgehead atoms. The van der Waals surface area contributed by atoms with Crippen LogP contribution in [0.15, 0.2) is 0 Å². The van der Waals surface area contributed by atoms with Crippen LogP contribution in [-0.2, 0) is 14.8 Å². The van der Waals surface area contributed by atoms with Crippen molar-refractivity contribution in [3.05, 3.63) is 0 Å². The van der Waals surface area contributed by atoms with E-state index in [0.29, 0.717) is 0 Å². The summed E-state index contributed by atoms with van der Waals surface area (Å²) in [6.45, 7) is -0.296. The molecule has 1 aliphatic carbocycles. The van der Waals surface area contributed by atoms with Crippen LogP contribution in [0.4, 0.5) is 0 Å². The van der Waals surface area contributed by atoms with Crippen LogP contribution in [0.3, 0.4) is 0 Å². The maximum absolute atomic E-state index is 12.0. The highest BCUT2D eigenvalue weighted by atomic mass is 32.2. The fourth-order valence-electron chi connectivity index (χ4n) is 2.06. The molecule has 1 aliphatic rings. The van der Waals surface area contributed by atoms with E-state index in [1.165, 1.54) is 0 Å². The van der Waals surface area contributed by atoms with Crippen molar-refractivity contribution in [1.29, 1.82) is 0 Å². The SMILES string of the molecule is NC(=O)CN(C1CCCC1)S(=O)(=O)CC(N)=S. The third-order valence-electron chi connectivity index (χ3n) is 2.73. The molecule has 0 heterocycles. The molecule has 0 atom stereocenters. The quantitative estimate of drug-likeness (QED) is 0.627. The van der Waals surface area contributed by atoms with Crippen LogP contribution in [0.2, 0.25) is 0 Å². The van der Waals surface area contributed by atoms with E-state index in [9.17, 15) is 13.2 Å². The lowest BCUT2D eigenvalue weighted by molar-refractivity contribution is -0.118. The van der Waals surface area contributed by atoms with Gasteiger partial charge in [-0.05, 0) is 12.8 Å². The van der Waals surface area contributed by atoms with Crippen molar-refractivity contribution >= 4 is 33.1 Å². The maximum atomic E-state index is 12.0. The molecule has 0 unspecified atom stereocenters. The van der Waals surface area contributed by atoms with Crippen LogP contribution in [0.1, 0.15) is 25.7 Å². The van der Waals surface area contributed by atoms with Gasteiger partial charge in [0.1, 0.15) is 5.75 Å². The summed E-state index contributed by atoms with van der Waals surface area (Å²) in [7, 11) is -3.63. The highest BCUT2D eigenvalue weighted by Gasteiger charge is 2.33. The van der Waals surface area contributed by atoms with Gasteiger partial charge in [0.25, 0.3) is 0 Å². The minimum atomic E-state index is -3.63. The van der Waals surface area contributed by atoms with Gasteiger partial charge in [-0.1, -0.05) is 25.1 Å². The highest BCUT2D eigenvalue weighted by Crippen LogP contribution is 2.25. The number of nitrogens with zero attached hydrogens (tertiary/aromatic N) is 1. The molecule has 1 fully saturated rings. The fraction of sp³-hybridized carbons (Fsp3) is 0.778. The Morgan fingerprint density at radius 3 is 2.24 bits per heavy atom. The predicted molar refractivity (Wildman–Crippen MR) is 68.7 cm³/mol.